The van der Waals surface area contributed by atoms with E-state index in [-0.39, 0.29) is 6.61 Å². The number of aliphatic hydroxyl groups excluding tert-OH is 1. The largest absolute Gasteiger partial charge is 0.457 e. The van der Waals surface area contributed by atoms with Gasteiger partial charge in [-0.15, -0.1) is 0 Å². The minimum atomic E-state index is -0.0870. The van der Waals surface area contributed by atoms with Crippen molar-refractivity contribution in [2.45, 2.75) is 6.61 Å². The van der Waals surface area contributed by atoms with Crippen molar-refractivity contribution >= 4 is 23.2 Å². The van der Waals surface area contributed by atoms with Crippen LogP contribution in [0.15, 0.2) is 42.5 Å². The maximum atomic E-state index is 8.99. The monoisotopic (exact) mass is 268 g/mol. The third kappa shape index (κ3) is 3.13. The van der Waals surface area contributed by atoms with Gasteiger partial charge in [-0.25, -0.2) is 0 Å². The second kappa shape index (κ2) is 5.41. The topological polar surface area (TPSA) is 29.5 Å². The number of hydrogen-bond donors (Lipinski definition) is 1. The van der Waals surface area contributed by atoms with Crippen LogP contribution >= 0.6 is 23.2 Å². The van der Waals surface area contributed by atoms with Crippen LogP contribution in [-0.2, 0) is 6.61 Å². The first-order valence-corrected chi connectivity index (χ1v) is 5.77. The molecule has 0 unspecified atom stereocenters. The Labute approximate surface area is 109 Å². The lowest BCUT2D eigenvalue weighted by molar-refractivity contribution is 0.282. The van der Waals surface area contributed by atoms with Crippen molar-refractivity contribution < 1.29 is 9.84 Å². The molecular weight excluding hydrogens is 259 g/mol. The fourth-order valence-electron chi connectivity index (χ4n) is 1.39. The normalized spacial score (nSPS) is 10.3. The van der Waals surface area contributed by atoms with Crippen LogP contribution in [0.3, 0.4) is 0 Å². The Balaban J connectivity index is 2.22. The molecule has 0 heterocycles. The van der Waals surface area contributed by atoms with Gasteiger partial charge in [0.15, 0.2) is 0 Å². The minimum absolute atomic E-state index is 0.0870. The molecule has 88 valence electrons. The van der Waals surface area contributed by atoms with Gasteiger partial charge in [-0.05, 0) is 35.9 Å². The zero-order valence-corrected chi connectivity index (χ0v) is 10.4. The van der Waals surface area contributed by atoms with E-state index in [9.17, 15) is 0 Å². The Kier molecular flexibility index (Phi) is 3.89. The zero-order valence-electron chi connectivity index (χ0n) is 8.86. The van der Waals surface area contributed by atoms with Crippen LogP contribution in [0.1, 0.15) is 5.56 Å². The van der Waals surface area contributed by atoms with Crippen LogP contribution in [-0.4, -0.2) is 5.11 Å². The van der Waals surface area contributed by atoms with Gasteiger partial charge in [0, 0.05) is 10.0 Å². The molecule has 1 N–H and O–H groups in total. The summed E-state index contributed by atoms with van der Waals surface area (Å²) in [5, 5.41) is 10.1. The summed E-state index contributed by atoms with van der Waals surface area (Å²) in [7, 11) is 0. The number of hydrogen-bond acceptors (Lipinski definition) is 2. The van der Waals surface area contributed by atoms with Gasteiger partial charge in [0.2, 0.25) is 0 Å². The summed E-state index contributed by atoms with van der Waals surface area (Å²) in [6, 6.07) is 12.2. The summed E-state index contributed by atoms with van der Waals surface area (Å²) >= 11 is 11.8. The smallest absolute Gasteiger partial charge is 0.128 e. The summed E-state index contributed by atoms with van der Waals surface area (Å²) in [6.07, 6.45) is 0. The van der Waals surface area contributed by atoms with E-state index < -0.39 is 0 Å². The fraction of sp³-hybridized carbons (Fsp3) is 0.0769. The van der Waals surface area contributed by atoms with Crippen molar-refractivity contribution in [2.75, 3.05) is 0 Å². The Hall–Kier alpha value is -1.22. The fourth-order valence-corrected chi connectivity index (χ4v) is 1.80. The van der Waals surface area contributed by atoms with E-state index in [4.69, 9.17) is 33.0 Å². The predicted octanol–water partition coefficient (Wildman–Crippen LogP) is 4.28. The molecule has 4 heteroatoms. The molecule has 0 bridgehead atoms. The van der Waals surface area contributed by atoms with Gasteiger partial charge in [-0.2, -0.15) is 0 Å². The molecule has 0 saturated carbocycles. The van der Waals surface area contributed by atoms with Crippen molar-refractivity contribution in [1.82, 2.24) is 0 Å². The number of rotatable bonds is 3. The van der Waals surface area contributed by atoms with Gasteiger partial charge in [-0.1, -0.05) is 35.3 Å². The van der Waals surface area contributed by atoms with Gasteiger partial charge in [0.1, 0.15) is 11.5 Å². The molecule has 0 aliphatic heterocycles. The molecule has 0 fully saturated rings. The quantitative estimate of drug-likeness (QED) is 0.901. The second-order valence-electron chi connectivity index (χ2n) is 3.47. The molecule has 0 spiro atoms. The summed E-state index contributed by atoms with van der Waals surface area (Å²) in [5.41, 5.74) is 0.671. The van der Waals surface area contributed by atoms with Gasteiger partial charge < -0.3 is 9.84 Å². The van der Waals surface area contributed by atoms with Crippen molar-refractivity contribution in [2.24, 2.45) is 0 Å². The van der Waals surface area contributed by atoms with E-state index in [2.05, 4.69) is 0 Å². The standard InChI is InChI=1S/C13H10Cl2O2/c14-10-2-1-3-11(6-10)17-12-5-4-9(8-16)13(15)7-12/h1-7,16H,8H2. The summed E-state index contributed by atoms with van der Waals surface area (Å²) in [5.74, 6) is 1.25. The molecule has 0 saturated heterocycles. The highest BCUT2D eigenvalue weighted by molar-refractivity contribution is 6.31. The van der Waals surface area contributed by atoms with Gasteiger partial charge in [0.05, 0.1) is 6.61 Å². The lowest BCUT2D eigenvalue weighted by atomic mass is 10.2. The van der Waals surface area contributed by atoms with Crippen LogP contribution in [0.2, 0.25) is 10.0 Å². The molecule has 2 nitrogen and oxygen atoms in total. The summed E-state index contributed by atoms with van der Waals surface area (Å²) in [6.45, 7) is -0.0870. The third-order valence-corrected chi connectivity index (χ3v) is 2.81. The molecule has 0 atom stereocenters. The van der Waals surface area contributed by atoms with Crippen molar-refractivity contribution in [3.05, 3.63) is 58.1 Å². The predicted molar refractivity (Wildman–Crippen MR) is 68.9 cm³/mol. The van der Waals surface area contributed by atoms with Crippen LogP contribution < -0.4 is 4.74 Å². The Bertz CT molecular complexity index is 527. The molecule has 17 heavy (non-hydrogen) atoms. The first kappa shape index (κ1) is 12.2. The van der Waals surface area contributed by atoms with Crippen molar-refractivity contribution in [3.8, 4) is 11.5 Å². The number of halogens is 2. The zero-order chi connectivity index (χ0) is 12.3. The molecule has 0 aromatic heterocycles. The van der Waals surface area contributed by atoms with E-state index >= 15 is 0 Å². The van der Waals surface area contributed by atoms with Crippen LogP contribution in [0.25, 0.3) is 0 Å². The Morgan fingerprint density at radius 2 is 1.76 bits per heavy atom. The molecule has 0 aliphatic rings. The third-order valence-electron chi connectivity index (χ3n) is 2.23. The van der Waals surface area contributed by atoms with Crippen molar-refractivity contribution in [1.29, 1.82) is 0 Å². The maximum Gasteiger partial charge on any atom is 0.128 e. The number of aliphatic hydroxyl groups is 1. The van der Waals surface area contributed by atoms with Gasteiger partial charge in [0.25, 0.3) is 0 Å². The van der Waals surface area contributed by atoms with Crippen molar-refractivity contribution in [3.63, 3.8) is 0 Å². The molecule has 2 aromatic carbocycles. The highest BCUT2D eigenvalue weighted by Crippen LogP contribution is 2.28. The van der Waals surface area contributed by atoms with Crippen LogP contribution in [0, 0.1) is 0 Å². The average Bonchev–Trinajstić information content (AvgIpc) is 2.29. The SMILES string of the molecule is OCc1ccc(Oc2cccc(Cl)c2)cc1Cl. The average molecular weight is 269 g/mol. The molecule has 0 aliphatic carbocycles. The number of benzene rings is 2. The Morgan fingerprint density at radius 3 is 2.41 bits per heavy atom. The Morgan fingerprint density at radius 1 is 1.00 bits per heavy atom. The first-order valence-electron chi connectivity index (χ1n) is 5.02. The summed E-state index contributed by atoms with van der Waals surface area (Å²) < 4.78 is 5.59. The summed E-state index contributed by atoms with van der Waals surface area (Å²) in [4.78, 5) is 0. The van der Waals surface area contributed by atoms with Crippen LogP contribution in [0.5, 0.6) is 11.5 Å². The lowest BCUT2D eigenvalue weighted by Crippen LogP contribution is -1.88. The second-order valence-corrected chi connectivity index (χ2v) is 4.31. The van der Waals surface area contributed by atoms with E-state index in [0.29, 0.717) is 27.1 Å². The molecular formula is C13H10Cl2O2. The van der Waals surface area contributed by atoms with E-state index in [1.54, 1.807) is 42.5 Å². The molecule has 2 rings (SSSR count). The van der Waals surface area contributed by atoms with E-state index in [1.165, 1.54) is 0 Å². The molecule has 0 radical (unpaired) electrons. The maximum absolute atomic E-state index is 8.99. The minimum Gasteiger partial charge on any atom is -0.457 e. The first-order chi connectivity index (χ1) is 8.19. The molecule has 0 amide bonds. The highest BCUT2D eigenvalue weighted by Gasteiger charge is 2.03. The molecule has 2 aromatic rings. The van der Waals surface area contributed by atoms with Crippen LogP contribution in [0.4, 0.5) is 0 Å². The highest BCUT2D eigenvalue weighted by atomic mass is 35.5. The number of ether oxygens (including phenoxy) is 1. The van der Waals surface area contributed by atoms with E-state index in [1.807, 2.05) is 0 Å². The van der Waals surface area contributed by atoms with Gasteiger partial charge in [-0.3, -0.25) is 0 Å². The lowest BCUT2D eigenvalue weighted by Gasteiger charge is -2.07. The van der Waals surface area contributed by atoms with Gasteiger partial charge >= 0.3 is 0 Å². The van der Waals surface area contributed by atoms with E-state index in [0.717, 1.165) is 0 Å².